The van der Waals surface area contributed by atoms with Crippen LogP contribution in [-0.2, 0) is 4.74 Å². The van der Waals surface area contributed by atoms with Crippen LogP contribution in [0.3, 0.4) is 0 Å². The number of alkyl carbamates (subject to hydrolysis) is 1. The van der Waals surface area contributed by atoms with Gasteiger partial charge in [-0.15, -0.1) is 0 Å². The van der Waals surface area contributed by atoms with Gasteiger partial charge in [0.2, 0.25) is 0 Å². The van der Waals surface area contributed by atoms with E-state index in [1.807, 2.05) is 6.92 Å². The van der Waals surface area contributed by atoms with Gasteiger partial charge in [0.15, 0.2) is 0 Å². The third-order valence-electron chi connectivity index (χ3n) is 0.949. The van der Waals surface area contributed by atoms with Crippen molar-refractivity contribution in [2.75, 3.05) is 13.2 Å². The first-order chi connectivity index (χ1) is 4.81. The summed E-state index contributed by atoms with van der Waals surface area (Å²) < 4.78 is 4.73. The third kappa shape index (κ3) is 5.41. The van der Waals surface area contributed by atoms with Crippen molar-refractivity contribution in [2.45, 2.75) is 19.8 Å². The van der Waals surface area contributed by atoms with Crippen molar-refractivity contribution in [2.24, 2.45) is 0 Å². The van der Waals surface area contributed by atoms with Gasteiger partial charge in [-0.1, -0.05) is 13.3 Å². The predicted octanol–water partition coefficient (Wildman–Crippen LogP) is 1.35. The molecule has 0 fully saturated rings. The van der Waals surface area contributed by atoms with E-state index in [0.717, 1.165) is 12.8 Å². The molecule has 0 aromatic rings. The molecule has 0 aliphatic carbocycles. The molecule has 1 radical (unpaired) electrons. The number of hydrogen-bond donors (Lipinski definition) is 1. The first-order valence-corrected chi connectivity index (χ1v) is 3.51. The molecule has 59 valence electrons. The Bertz CT molecular complexity index is 93.6. The number of ether oxygens (including phenoxy) is 1. The van der Waals surface area contributed by atoms with Crippen LogP contribution in [0.2, 0.25) is 0 Å². The quantitative estimate of drug-likeness (QED) is 0.605. The number of carbonyl (C=O) groups excluding carboxylic acids is 1. The summed E-state index contributed by atoms with van der Waals surface area (Å²) in [6.45, 7) is 6.55. The average molecular weight is 144 g/mol. The van der Waals surface area contributed by atoms with Crippen molar-refractivity contribution in [3.05, 3.63) is 6.92 Å². The van der Waals surface area contributed by atoms with Gasteiger partial charge in [-0.3, -0.25) is 0 Å². The van der Waals surface area contributed by atoms with E-state index < -0.39 is 0 Å². The lowest BCUT2D eigenvalue weighted by Crippen LogP contribution is -2.23. The molecule has 0 heterocycles. The monoisotopic (exact) mass is 144 g/mol. The molecular weight excluding hydrogens is 130 g/mol. The molecule has 1 N–H and O–H groups in total. The number of amides is 1. The summed E-state index contributed by atoms with van der Waals surface area (Å²) in [4.78, 5) is 10.6. The molecule has 0 rings (SSSR count). The van der Waals surface area contributed by atoms with Gasteiger partial charge in [-0.05, 0) is 13.3 Å². The molecule has 0 saturated heterocycles. The van der Waals surface area contributed by atoms with Gasteiger partial charge in [0.1, 0.15) is 0 Å². The van der Waals surface area contributed by atoms with E-state index in [1.54, 1.807) is 0 Å². The molecule has 0 aromatic heterocycles. The second-order valence-electron chi connectivity index (χ2n) is 1.87. The molecule has 0 aromatic carbocycles. The minimum Gasteiger partial charge on any atom is -0.450 e. The zero-order valence-electron chi connectivity index (χ0n) is 6.35. The predicted molar refractivity (Wildman–Crippen MR) is 39.6 cm³/mol. The van der Waals surface area contributed by atoms with Gasteiger partial charge in [0, 0.05) is 6.54 Å². The standard InChI is InChI=1S/C7H14NO2/c1-3-5-6-10-7(9)8-4-2/h1,3-6H2,2H3,(H,8,9). The Labute approximate surface area is 61.8 Å². The zero-order chi connectivity index (χ0) is 7.82. The number of unbranched alkanes of at least 4 members (excludes halogenated alkanes) is 1. The Morgan fingerprint density at radius 3 is 2.90 bits per heavy atom. The lowest BCUT2D eigenvalue weighted by atomic mass is 10.4. The van der Waals surface area contributed by atoms with E-state index in [0.29, 0.717) is 13.2 Å². The van der Waals surface area contributed by atoms with Crippen molar-refractivity contribution in [1.29, 1.82) is 0 Å². The lowest BCUT2D eigenvalue weighted by molar-refractivity contribution is 0.145. The molecule has 10 heavy (non-hydrogen) atoms. The van der Waals surface area contributed by atoms with Crippen LogP contribution in [-0.4, -0.2) is 19.2 Å². The molecule has 0 atom stereocenters. The highest BCUT2D eigenvalue weighted by molar-refractivity contribution is 5.66. The third-order valence-corrected chi connectivity index (χ3v) is 0.949. The van der Waals surface area contributed by atoms with E-state index in [9.17, 15) is 4.79 Å². The highest BCUT2D eigenvalue weighted by Gasteiger charge is 1.95. The van der Waals surface area contributed by atoms with Gasteiger partial charge in [0.25, 0.3) is 0 Å². The maximum Gasteiger partial charge on any atom is 0.407 e. The van der Waals surface area contributed by atoms with E-state index in [1.165, 1.54) is 0 Å². The normalized spacial score (nSPS) is 9.00. The Kier molecular flexibility index (Phi) is 5.92. The summed E-state index contributed by atoms with van der Waals surface area (Å²) in [6.07, 6.45) is 1.30. The number of hydrogen-bond acceptors (Lipinski definition) is 2. The number of carbonyl (C=O) groups is 1. The molecular formula is C7H14NO2. The molecule has 0 spiro atoms. The van der Waals surface area contributed by atoms with Crippen LogP contribution in [0.4, 0.5) is 4.79 Å². The minimum atomic E-state index is -0.337. The first-order valence-electron chi connectivity index (χ1n) is 3.51. The SMILES string of the molecule is [CH2]CCCOC(=O)NCC. The van der Waals surface area contributed by atoms with Crippen molar-refractivity contribution in [3.8, 4) is 0 Å². The molecule has 0 aliphatic rings. The van der Waals surface area contributed by atoms with E-state index in [2.05, 4.69) is 12.2 Å². The number of nitrogens with one attached hydrogen (secondary N) is 1. The van der Waals surface area contributed by atoms with Crippen LogP contribution in [0.1, 0.15) is 19.8 Å². The van der Waals surface area contributed by atoms with Crippen LogP contribution >= 0.6 is 0 Å². The minimum absolute atomic E-state index is 0.337. The molecule has 3 heteroatoms. The highest BCUT2D eigenvalue weighted by Crippen LogP contribution is 1.87. The van der Waals surface area contributed by atoms with Gasteiger partial charge >= 0.3 is 6.09 Å². The van der Waals surface area contributed by atoms with Gasteiger partial charge in [0.05, 0.1) is 6.61 Å². The van der Waals surface area contributed by atoms with Crippen molar-refractivity contribution in [3.63, 3.8) is 0 Å². The topological polar surface area (TPSA) is 38.3 Å². The van der Waals surface area contributed by atoms with Crippen LogP contribution in [0.15, 0.2) is 0 Å². The maximum absolute atomic E-state index is 10.6. The van der Waals surface area contributed by atoms with Crippen LogP contribution < -0.4 is 5.32 Å². The van der Waals surface area contributed by atoms with Crippen molar-refractivity contribution in [1.82, 2.24) is 5.32 Å². The molecule has 1 amide bonds. The average Bonchev–Trinajstić information content (AvgIpc) is 1.89. The van der Waals surface area contributed by atoms with Crippen LogP contribution in [0.25, 0.3) is 0 Å². The molecule has 0 unspecified atom stereocenters. The van der Waals surface area contributed by atoms with Crippen molar-refractivity contribution < 1.29 is 9.53 Å². The smallest absolute Gasteiger partial charge is 0.407 e. The fourth-order valence-corrected chi connectivity index (χ4v) is 0.462. The van der Waals surface area contributed by atoms with Crippen LogP contribution in [0.5, 0.6) is 0 Å². The Morgan fingerprint density at radius 1 is 1.70 bits per heavy atom. The Morgan fingerprint density at radius 2 is 2.40 bits per heavy atom. The highest BCUT2D eigenvalue weighted by atomic mass is 16.5. The Balaban J connectivity index is 3.05. The fraction of sp³-hybridized carbons (Fsp3) is 0.714. The lowest BCUT2D eigenvalue weighted by Gasteiger charge is -2.02. The molecule has 0 aliphatic heterocycles. The molecule has 0 saturated carbocycles. The largest absolute Gasteiger partial charge is 0.450 e. The van der Waals surface area contributed by atoms with E-state index in [-0.39, 0.29) is 6.09 Å². The van der Waals surface area contributed by atoms with Gasteiger partial charge < -0.3 is 10.1 Å². The van der Waals surface area contributed by atoms with E-state index >= 15 is 0 Å². The Hall–Kier alpha value is -0.730. The maximum atomic E-state index is 10.6. The summed E-state index contributed by atoms with van der Waals surface area (Å²) in [6, 6.07) is 0. The van der Waals surface area contributed by atoms with Crippen LogP contribution in [0, 0.1) is 6.92 Å². The fourth-order valence-electron chi connectivity index (χ4n) is 0.462. The van der Waals surface area contributed by atoms with Gasteiger partial charge in [-0.25, -0.2) is 4.79 Å². The second-order valence-corrected chi connectivity index (χ2v) is 1.87. The summed E-state index contributed by atoms with van der Waals surface area (Å²) in [5, 5.41) is 2.52. The second kappa shape index (κ2) is 6.39. The number of rotatable bonds is 4. The summed E-state index contributed by atoms with van der Waals surface area (Å²) >= 11 is 0. The zero-order valence-corrected chi connectivity index (χ0v) is 6.35. The molecule has 3 nitrogen and oxygen atoms in total. The summed E-state index contributed by atoms with van der Waals surface area (Å²) in [7, 11) is 0. The summed E-state index contributed by atoms with van der Waals surface area (Å²) in [5.74, 6) is 0. The van der Waals surface area contributed by atoms with E-state index in [4.69, 9.17) is 4.74 Å². The first kappa shape index (κ1) is 9.27. The summed E-state index contributed by atoms with van der Waals surface area (Å²) in [5.41, 5.74) is 0. The van der Waals surface area contributed by atoms with Gasteiger partial charge in [-0.2, -0.15) is 0 Å². The van der Waals surface area contributed by atoms with Crippen molar-refractivity contribution >= 4 is 6.09 Å². The molecule has 0 bridgehead atoms.